The normalized spacial score (nSPS) is 21.4. The highest BCUT2D eigenvalue weighted by molar-refractivity contribution is 6.33. The maximum atomic E-state index is 10.7. The molecule has 6 heteroatoms. The number of anilines is 1. The van der Waals surface area contributed by atoms with Gasteiger partial charge < -0.3 is 10.6 Å². The summed E-state index contributed by atoms with van der Waals surface area (Å²) in [6.45, 7) is 6.29. The molecule has 0 bridgehead atoms. The van der Waals surface area contributed by atoms with E-state index in [1.54, 1.807) is 6.07 Å². The summed E-state index contributed by atoms with van der Waals surface area (Å²) >= 11 is 6.07. The Morgan fingerprint density at radius 1 is 1.55 bits per heavy atom. The second-order valence-corrected chi connectivity index (χ2v) is 6.31. The summed E-state index contributed by atoms with van der Waals surface area (Å²) in [5, 5.41) is 17.9. The highest BCUT2D eigenvalue weighted by Gasteiger charge is 2.31. The standard InChI is InChI=1S/C14H20ClN3O2/c1-14(2)6-3-7-16-13(14)9-17-12-5-4-10(18(19)20)8-11(12)15/h4-5,8,13,16-17H,3,6-7,9H2,1-2H3. The summed E-state index contributed by atoms with van der Waals surface area (Å²) < 4.78 is 0. The lowest BCUT2D eigenvalue weighted by molar-refractivity contribution is -0.384. The average Bonchev–Trinajstić information content (AvgIpc) is 2.38. The molecule has 5 nitrogen and oxygen atoms in total. The summed E-state index contributed by atoms with van der Waals surface area (Å²) in [4.78, 5) is 10.2. The number of nitrogens with one attached hydrogen (secondary N) is 2. The molecule has 0 amide bonds. The van der Waals surface area contributed by atoms with E-state index in [0.29, 0.717) is 11.1 Å². The molecule has 0 radical (unpaired) electrons. The van der Waals surface area contributed by atoms with E-state index in [9.17, 15) is 10.1 Å². The van der Waals surface area contributed by atoms with Crippen molar-refractivity contribution in [3.63, 3.8) is 0 Å². The Morgan fingerprint density at radius 3 is 2.90 bits per heavy atom. The Hall–Kier alpha value is -1.33. The Labute approximate surface area is 123 Å². The molecule has 1 aromatic carbocycles. The number of non-ortho nitro benzene ring substituents is 1. The molecule has 1 unspecified atom stereocenters. The van der Waals surface area contributed by atoms with E-state index in [-0.39, 0.29) is 11.1 Å². The number of rotatable bonds is 4. The van der Waals surface area contributed by atoms with E-state index < -0.39 is 4.92 Å². The molecule has 1 heterocycles. The van der Waals surface area contributed by atoms with Crippen LogP contribution in [0.15, 0.2) is 18.2 Å². The van der Waals surface area contributed by atoms with Gasteiger partial charge in [0.05, 0.1) is 15.6 Å². The van der Waals surface area contributed by atoms with Crippen molar-refractivity contribution >= 4 is 23.0 Å². The third kappa shape index (κ3) is 3.41. The summed E-state index contributed by atoms with van der Waals surface area (Å²) in [6.07, 6.45) is 2.39. The molecule has 2 N–H and O–H groups in total. The first-order chi connectivity index (χ1) is 9.40. The van der Waals surface area contributed by atoms with Gasteiger partial charge in [-0.3, -0.25) is 10.1 Å². The number of benzene rings is 1. The van der Waals surface area contributed by atoms with Crippen LogP contribution < -0.4 is 10.6 Å². The van der Waals surface area contributed by atoms with Crippen molar-refractivity contribution in [1.29, 1.82) is 0 Å². The summed E-state index contributed by atoms with van der Waals surface area (Å²) in [5.74, 6) is 0. The SMILES string of the molecule is CC1(C)CCCNC1CNc1ccc([N+](=O)[O-])cc1Cl. The highest BCUT2D eigenvalue weighted by atomic mass is 35.5. The van der Waals surface area contributed by atoms with Crippen molar-refractivity contribution in [2.24, 2.45) is 5.41 Å². The molecule has 0 aliphatic carbocycles. The zero-order valence-electron chi connectivity index (χ0n) is 11.8. The van der Waals surface area contributed by atoms with Crippen LogP contribution in [0.4, 0.5) is 11.4 Å². The first-order valence-corrected chi connectivity index (χ1v) is 7.19. The van der Waals surface area contributed by atoms with Crippen LogP contribution in [-0.2, 0) is 0 Å². The highest BCUT2D eigenvalue weighted by Crippen LogP contribution is 2.31. The topological polar surface area (TPSA) is 67.2 Å². The van der Waals surface area contributed by atoms with Crippen LogP contribution in [-0.4, -0.2) is 24.1 Å². The number of hydrogen-bond donors (Lipinski definition) is 2. The molecule has 1 aromatic rings. The van der Waals surface area contributed by atoms with Crippen LogP contribution in [0.2, 0.25) is 5.02 Å². The molecule has 0 aromatic heterocycles. The first kappa shape index (κ1) is 15.1. The summed E-state index contributed by atoms with van der Waals surface area (Å²) in [6, 6.07) is 4.87. The van der Waals surface area contributed by atoms with Gasteiger partial charge in [-0.05, 0) is 30.9 Å². The fraction of sp³-hybridized carbons (Fsp3) is 0.571. The largest absolute Gasteiger partial charge is 0.382 e. The van der Waals surface area contributed by atoms with Crippen molar-refractivity contribution in [2.45, 2.75) is 32.7 Å². The van der Waals surface area contributed by atoms with Crippen molar-refractivity contribution in [3.05, 3.63) is 33.3 Å². The van der Waals surface area contributed by atoms with Crippen LogP contribution in [0.1, 0.15) is 26.7 Å². The molecule has 1 fully saturated rings. The second-order valence-electron chi connectivity index (χ2n) is 5.90. The predicted octanol–water partition coefficient (Wildman–Crippen LogP) is 3.44. The number of hydrogen-bond acceptors (Lipinski definition) is 4. The van der Waals surface area contributed by atoms with Gasteiger partial charge in [-0.1, -0.05) is 25.4 Å². The number of nitro benzene ring substituents is 1. The zero-order valence-corrected chi connectivity index (χ0v) is 12.5. The fourth-order valence-electron chi connectivity index (χ4n) is 2.59. The van der Waals surface area contributed by atoms with Gasteiger partial charge in [0, 0.05) is 24.7 Å². The summed E-state index contributed by atoms with van der Waals surface area (Å²) in [7, 11) is 0. The average molecular weight is 298 g/mol. The van der Waals surface area contributed by atoms with Gasteiger partial charge in [-0.2, -0.15) is 0 Å². The van der Waals surface area contributed by atoms with Crippen LogP contribution >= 0.6 is 11.6 Å². The molecule has 2 rings (SSSR count). The molecule has 0 spiro atoms. The smallest absolute Gasteiger partial charge is 0.271 e. The molecule has 0 saturated carbocycles. The van der Waals surface area contributed by atoms with Gasteiger partial charge in [0.15, 0.2) is 0 Å². The van der Waals surface area contributed by atoms with Crippen LogP contribution in [0.3, 0.4) is 0 Å². The predicted molar refractivity (Wildman–Crippen MR) is 81.4 cm³/mol. The monoisotopic (exact) mass is 297 g/mol. The maximum Gasteiger partial charge on any atom is 0.271 e. The minimum absolute atomic E-state index is 0.0108. The van der Waals surface area contributed by atoms with Gasteiger partial charge in [-0.15, -0.1) is 0 Å². The van der Waals surface area contributed by atoms with Crippen molar-refractivity contribution in [3.8, 4) is 0 Å². The van der Waals surface area contributed by atoms with E-state index in [1.165, 1.54) is 25.0 Å². The quantitative estimate of drug-likeness (QED) is 0.660. The third-order valence-corrected chi connectivity index (χ3v) is 4.30. The van der Waals surface area contributed by atoms with E-state index >= 15 is 0 Å². The van der Waals surface area contributed by atoms with Gasteiger partial charge in [0.2, 0.25) is 0 Å². The number of nitrogens with zero attached hydrogens (tertiary/aromatic N) is 1. The lowest BCUT2D eigenvalue weighted by atomic mass is 9.77. The van der Waals surface area contributed by atoms with Crippen molar-refractivity contribution in [2.75, 3.05) is 18.4 Å². The van der Waals surface area contributed by atoms with Gasteiger partial charge in [0.1, 0.15) is 0 Å². The van der Waals surface area contributed by atoms with Gasteiger partial charge in [-0.25, -0.2) is 0 Å². The minimum atomic E-state index is -0.443. The van der Waals surface area contributed by atoms with Crippen molar-refractivity contribution < 1.29 is 4.92 Å². The molecule has 1 saturated heterocycles. The Balaban J connectivity index is 2.02. The van der Waals surface area contributed by atoms with E-state index in [0.717, 1.165) is 18.8 Å². The number of halogens is 1. The Bertz CT molecular complexity index is 505. The molecule has 1 aliphatic rings. The molecule has 20 heavy (non-hydrogen) atoms. The van der Waals surface area contributed by atoms with E-state index in [4.69, 9.17) is 11.6 Å². The molecule has 1 aliphatic heterocycles. The molecule has 110 valence electrons. The number of nitro groups is 1. The lowest BCUT2D eigenvalue weighted by Gasteiger charge is -2.39. The van der Waals surface area contributed by atoms with E-state index in [2.05, 4.69) is 24.5 Å². The van der Waals surface area contributed by atoms with Gasteiger partial charge in [0.25, 0.3) is 5.69 Å². The van der Waals surface area contributed by atoms with Crippen molar-refractivity contribution in [1.82, 2.24) is 5.32 Å². The molecular weight excluding hydrogens is 278 g/mol. The second kappa shape index (κ2) is 5.97. The van der Waals surface area contributed by atoms with Crippen LogP contribution in [0, 0.1) is 15.5 Å². The first-order valence-electron chi connectivity index (χ1n) is 6.81. The van der Waals surface area contributed by atoms with E-state index in [1.807, 2.05) is 0 Å². The Kier molecular flexibility index (Phi) is 4.50. The summed E-state index contributed by atoms with van der Waals surface area (Å²) in [5.41, 5.74) is 0.982. The third-order valence-electron chi connectivity index (χ3n) is 3.99. The zero-order chi connectivity index (χ0) is 14.8. The lowest BCUT2D eigenvalue weighted by Crippen LogP contribution is -2.50. The van der Waals surface area contributed by atoms with Gasteiger partial charge >= 0.3 is 0 Å². The molecule has 1 atom stereocenters. The molecular formula is C14H20ClN3O2. The van der Waals surface area contributed by atoms with Crippen LogP contribution in [0.5, 0.6) is 0 Å². The number of piperidine rings is 1. The van der Waals surface area contributed by atoms with Crippen LogP contribution in [0.25, 0.3) is 0 Å². The Morgan fingerprint density at radius 2 is 2.30 bits per heavy atom. The fourth-order valence-corrected chi connectivity index (χ4v) is 2.83. The minimum Gasteiger partial charge on any atom is -0.382 e. The maximum absolute atomic E-state index is 10.7.